The van der Waals surface area contributed by atoms with E-state index in [-0.39, 0.29) is 59.0 Å². The number of ether oxygens (including phenoxy) is 4. The third-order valence-electron chi connectivity index (χ3n) is 7.18. The molecule has 3 aromatic carbocycles. The third-order valence-corrected chi connectivity index (χ3v) is 7.18. The fourth-order valence-electron chi connectivity index (χ4n) is 4.86. The fourth-order valence-corrected chi connectivity index (χ4v) is 4.86. The molecule has 0 saturated carbocycles. The Labute approximate surface area is 310 Å². The molecule has 3 aromatic rings. The first kappa shape index (κ1) is 41.5. The van der Waals surface area contributed by atoms with Crippen molar-refractivity contribution in [1.82, 2.24) is 4.90 Å². The van der Waals surface area contributed by atoms with E-state index in [0.29, 0.717) is 5.56 Å². The minimum absolute atomic E-state index is 0.0183. The molecule has 0 spiro atoms. The van der Waals surface area contributed by atoms with E-state index >= 15 is 0 Å². The normalized spacial score (nSPS) is 11.4. The van der Waals surface area contributed by atoms with Crippen LogP contribution in [-0.2, 0) is 31.0 Å². The van der Waals surface area contributed by atoms with Crippen LogP contribution < -0.4 is 15.4 Å². The maximum Gasteiger partial charge on any atom is 0.420 e. The Balaban J connectivity index is 1.96. The van der Waals surface area contributed by atoms with Crippen LogP contribution in [0.15, 0.2) is 60.7 Å². The number of anilines is 2. The lowest BCUT2D eigenvalue weighted by atomic mass is 9.83. The molecule has 0 radical (unpaired) electrons. The van der Waals surface area contributed by atoms with Crippen molar-refractivity contribution in [3.05, 3.63) is 88.5 Å². The Morgan fingerprint density at radius 3 is 1.92 bits per heavy atom. The number of nitrogens with one attached hydrogen (secondary N) is 2. The number of carbonyl (C=O) groups excluding carboxylic acids is 5. The highest BCUT2D eigenvalue weighted by atomic mass is 16.6. The van der Waals surface area contributed by atoms with Gasteiger partial charge in [-0.3, -0.25) is 9.59 Å². The van der Waals surface area contributed by atoms with Crippen LogP contribution in [0.3, 0.4) is 0 Å². The molecule has 13 heteroatoms. The zero-order valence-electron chi connectivity index (χ0n) is 32.0. The first-order valence-corrected chi connectivity index (χ1v) is 17.0. The smallest absolute Gasteiger partial charge is 0.420 e. The van der Waals surface area contributed by atoms with E-state index in [0.717, 1.165) is 10.5 Å². The van der Waals surface area contributed by atoms with Crippen LogP contribution in [0.5, 0.6) is 5.75 Å². The summed E-state index contributed by atoms with van der Waals surface area (Å²) in [5.74, 6) is -1.42. The van der Waals surface area contributed by atoms with E-state index in [9.17, 15) is 29.2 Å². The van der Waals surface area contributed by atoms with E-state index in [2.05, 4.69) is 10.6 Å². The molecule has 13 nitrogen and oxygen atoms in total. The highest BCUT2D eigenvalue weighted by Gasteiger charge is 2.32. The molecular formula is C40H48N4O9. The number of benzene rings is 3. The monoisotopic (exact) mass is 728 g/mol. The lowest BCUT2D eigenvalue weighted by Crippen LogP contribution is -2.43. The molecule has 0 heterocycles. The van der Waals surface area contributed by atoms with Crippen LogP contribution in [0, 0.1) is 11.3 Å². The van der Waals surface area contributed by atoms with E-state index < -0.39 is 41.2 Å². The predicted octanol–water partition coefficient (Wildman–Crippen LogP) is 7.97. The van der Waals surface area contributed by atoms with Gasteiger partial charge in [0.25, 0.3) is 11.8 Å². The first-order valence-electron chi connectivity index (χ1n) is 17.0. The molecule has 0 atom stereocenters. The Bertz CT molecular complexity index is 1870. The van der Waals surface area contributed by atoms with Crippen LogP contribution in [0.25, 0.3) is 0 Å². The van der Waals surface area contributed by atoms with E-state index in [4.69, 9.17) is 18.9 Å². The third kappa shape index (κ3) is 12.4. The molecule has 0 unspecified atom stereocenters. The molecule has 0 saturated heterocycles. The van der Waals surface area contributed by atoms with E-state index in [1.165, 1.54) is 36.4 Å². The largest absolute Gasteiger partial charge is 0.482 e. The Morgan fingerprint density at radius 2 is 1.36 bits per heavy atom. The SMILES string of the molecule is CCOC(=O)COc1ccc(NC(=O)c2ccc(CN(C(=O)OC(C)(C)C)C(=O)OC(C)(C)C)c(C#N)c2)c(NC(=O)c2ccccc2C(C)(C)C)c1. The number of hydrogen-bond acceptors (Lipinski definition) is 10. The van der Waals surface area contributed by atoms with Gasteiger partial charge < -0.3 is 29.6 Å². The molecule has 0 aliphatic rings. The van der Waals surface area contributed by atoms with Gasteiger partial charge >= 0.3 is 18.2 Å². The van der Waals surface area contributed by atoms with Gasteiger partial charge in [-0.25, -0.2) is 19.3 Å². The summed E-state index contributed by atoms with van der Waals surface area (Å²) < 4.78 is 21.4. The van der Waals surface area contributed by atoms with Gasteiger partial charge in [-0.1, -0.05) is 45.0 Å². The highest BCUT2D eigenvalue weighted by molar-refractivity contribution is 6.10. The average molecular weight is 729 g/mol. The summed E-state index contributed by atoms with van der Waals surface area (Å²) in [6.07, 6.45) is -1.93. The van der Waals surface area contributed by atoms with Crippen molar-refractivity contribution in [2.75, 3.05) is 23.8 Å². The maximum absolute atomic E-state index is 13.7. The van der Waals surface area contributed by atoms with Gasteiger partial charge in [0.2, 0.25) is 0 Å². The number of esters is 1. The quantitative estimate of drug-likeness (QED) is 0.154. The zero-order valence-corrected chi connectivity index (χ0v) is 32.0. The number of amides is 4. The summed E-state index contributed by atoms with van der Waals surface area (Å²) >= 11 is 0. The number of carbonyl (C=O) groups is 5. The highest BCUT2D eigenvalue weighted by Crippen LogP contribution is 2.31. The summed E-state index contributed by atoms with van der Waals surface area (Å²) in [5, 5.41) is 15.7. The lowest BCUT2D eigenvalue weighted by molar-refractivity contribution is -0.145. The molecule has 0 bridgehead atoms. The Kier molecular flexibility index (Phi) is 13.4. The molecule has 0 aliphatic heterocycles. The molecular weight excluding hydrogens is 680 g/mol. The first-order chi connectivity index (χ1) is 24.6. The molecule has 2 N–H and O–H groups in total. The van der Waals surface area contributed by atoms with Crippen molar-refractivity contribution >= 4 is 41.3 Å². The van der Waals surface area contributed by atoms with E-state index in [1.807, 2.05) is 39.0 Å². The summed E-state index contributed by atoms with van der Waals surface area (Å²) in [5.41, 5.74) is -0.233. The number of hydrogen-bond donors (Lipinski definition) is 2. The molecule has 282 valence electrons. The Morgan fingerprint density at radius 1 is 0.755 bits per heavy atom. The second kappa shape index (κ2) is 17.1. The molecule has 0 aliphatic carbocycles. The summed E-state index contributed by atoms with van der Waals surface area (Å²) in [7, 11) is 0. The number of rotatable bonds is 10. The molecule has 4 amide bonds. The predicted molar refractivity (Wildman–Crippen MR) is 199 cm³/mol. The maximum atomic E-state index is 13.7. The minimum atomic E-state index is -0.966. The van der Waals surface area contributed by atoms with Gasteiger partial charge in [0.1, 0.15) is 17.0 Å². The van der Waals surface area contributed by atoms with Crippen molar-refractivity contribution in [3.63, 3.8) is 0 Å². The molecule has 0 fully saturated rings. The van der Waals surface area contributed by atoms with Gasteiger partial charge in [0, 0.05) is 17.2 Å². The lowest BCUT2D eigenvalue weighted by Gasteiger charge is -2.28. The van der Waals surface area contributed by atoms with Crippen LogP contribution in [0.1, 0.15) is 107 Å². The van der Waals surface area contributed by atoms with Crippen molar-refractivity contribution in [3.8, 4) is 11.8 Å². The van der Waals surface area contributed by atoms with Crippen LogP contribution in [-0.4, -0.2) is 59.3 Å². The van der Waals surface area contributed by atoms with Crippen molar-refractivity contribution < 1.29 is 42.9 Å². The Hall–Kier alpha value is -5.90. The van der Waals surface area contributed by atoms with Crippen molar-refractivity contribution in [1.29, 1.82) is 5.26 Å². The minimum Gasteiger partial charge on any atom is -0.482 e. The van der Waals surface area contributed by atoms with Gasteiger partial charge in [-0.2, -0.15) is 5.26 Å². The van der Waals surface area contributed by atoms with Crippen molar-refractivity contribution in [2.45, 2.75) is 92.4 Å². The topological polar surface area (TPSA) is 173 Å². The van der Waals surface area contributed by atoms with Crippen LogP contribution in [0.4, 0.5) is 21.0 Å². The summed E-state index contributed by atoms with van der Waals surface area (Å²) in [4.78, 5) is 66.1. The number of imide groups is 1. The molecule has 0 aromatic heterocycles. The molecule has 53 heavy (non-hydrogen) atoms. The average Bonchev–Trinajstić information content (AvgIpc) is 3.05. The fraction of sp³-hybridized carbons (Fsp3) is 0.400. The molecule has 3 rings (SSSR count). The van der Waals surface area contributed by atoms with Crippen LogP contribution >= 0.6 is 0 Å². The van der Waals surface area contributed by atoms with Gasteiger partial charge in [-0.05, 0) is 95.3 Å². The van der Waals surface area contributed by atoms with Crippen LogP contribution in [0.2, 0.25) is 0 Å². The number of nitriles is 1. The second-order valence-electron chi connectivity index (χ2n) is 15.0. The van der Waals surface area contributed by atoms with Crippen molar-refractivity contribution in [2.24, 2.45) is 0 Å². The zero-order chi connectivity index (χ0) is 39.7. The number of nitrogens with zero attached hydrogens (tertiary/aromatic N) is 2. The van der Waals surface area contributed by atoms with Gasteiger partial charge in [-0.15, -0.1) is 0 Å². The summed E-state index contributed by atoms with van der Waals surface area (Å²) in [6, 6.07) is 17.9. The summed E-state index contributed by atoms with van der Waals surface area (Å²) in [6.45, 7) is 17.0. The standard InChI is InChI=1S/C40H48N4O9/c1-11-50-33(45)24-51-28-18-19-31(32(21-28)43-35(47)29-14-12-13-15-30(29)38(2,3)4)42-34(46)25-16-17-26(27(20-25)22-41)23-44(36(48)52-39(5,6)7)37(49)53-40(8,9)10/h12-21H,11,23-24H2,1-10H3,(H,42,46)(H,43,47). The second-order valence-corrected chi connectivity index (χ2v) is 15.0. The van der Waals surface area contributed by atoms with E-state index in [1.54, 1.807) is 60.6 Å². The van der Waals surface area contributed by atoms with Gasteiger partial charge in [0.15, 0.2) is 6.61 Å². The van der Waals surface area contributed by atoms with Gasteiger partial charge in [0.05, 0.1) is 36.2 Å².